The number of anilines is 8. The number of nitriles is 1. The summed E-state index contributed by atoms with van der Waals surface area (Å²) in [6, 6.07) is 140. The van der Waals surface area contributed by atoms with Gasteiger partial charge in [0.05, 0.1) is 51.4 Å². The molecule has 24 rings (SSSR count). The first-order valence-corrected chi connectivity index (χ1v) is 45.6. The molecule has 2 aliphatic heterocycles. The van der Waals surface area contributed by atoms with Crippen LogP contribution in [0.5, 0.6) is 0 Å². The van der Waals surface area contributed by atoms with E-state index in [1.54, 1.807) is 12.4 Å². The van der Waals surface area contributed by atoms with E-state index in [9.17, 15) is 31.6 Å². The van der Waals surface area contributed by atoms with E-state index in [0.29, 0.717) is 45.6 Å². The number of halogens is 6. The molecule has 0 radical (unpaired) electrons. The number of hydrogen-bond donors (Lipinski definition) is 2. The van der Waals surface area contributed by atoms with Gasteiger partial charge < -0.3 is 29.6 Å². The molecular formula is C122H74F6N12. The van der Waals surface area contributed by atoms with Crippen LogP contribution in [0.1, 0.15) is 33.4 Å². The van der Waals surface area contributed by atoms with Crippen molar-refractivity contribution in [1.82, 2.24) is 19.1 Å². The number of para-hydroxylation sites is 4. The van der Waals surface area contributed by atoms with Gasteiger partial charge in [0.15, 0.2) is 11.6 Å². The zero-order chi connectivity index (χ0) is 94.4. The van der Waals surface area contributed by atoms with E-state index in [0.717, 1.165) is 192 Å². The molecule has 0 amide bonds. The molecule has 0 unspecified atom stereocenters. The fourth-order valence-corrected chi connectivity index (χ4v) is 19.8. The normalized spacial score (nSPS) is 13.0. The highest BCUT2D eigenvalue weighted by molar-refractivity contribution is 6.29. The molecule has 0 aliphatic carbocycles. The van der Waals surface area contributed by atoms with E-state index < -0.39 is 23.5 Å². The molecule has 12 nitrogen and oxygen atoms in total. The lowest BCUT2D eigenvalue weighted by molar-refractivity contribution is -0.138. The number of aliphatic imine (C=N–C) groups is 2. The number of aromatic nitrogens is 4. The molecule has 18 aromatic carbocycles. The Hall–Kier alpha value is -18.8. The largest absolute Gasteiger partial charge is 0.416 e. The van der Waals surface area contributed by atoms with E-state index in [-0.39, 0.29) is 11.3 Å². The molecule has 2 aliphatic rings. The molecular weight excluding hydrogens is 1750 g/mol. The first-order chi connectivity index (χ1) is 68.5. The van der Waals surface area contributed by atoms with Crippen LogP contribution in [0, 0.1) is 17.9 Å². The molecule has 140 heavy (non-hydrogen) atoms. The zero-order valence-electron chi connectivity index (χ0n) is 74.3. The van der Waals surface area contributed by atoms with Crippen LogP contribution < -0.4 is 20.4 Å². The summed E-state index contributed by atoms with van der Waals surface area (Å²) >= 11 is 0. The molecule has 22 aromatic rings. The lowest BCUT2D eigenvalue weighted by Crippen LogP contribution is -2.10. The number of allylic oxidation sites excluding steroid dienone is 1. The smallest absolute Gasteiger partial charge is 0.339 e. The number of rotatable bonds is 18. The molecule has 18 heteroatoms. The Morgan fingerprint density at radius 3 is 0.957 bits per heavy atom. The van der Waals surface area contributed by atoms with Crippen LogP contribution in [-0.4, -0.2) is 30.8 Å². The maximum Gasteiger partial charge on any atom is 0.416 e. The van der Waals surface area contributed by atoms with Gasteiger partial charge in [0.2, 0.25) is 5.70 Å². The molecule has 4 aromatic heterocycles. The Balaban J connectivity index is 0.528. The predicted octanol–water partition coefficient (Wildman–Crippen LogP) is 33.3. The van der Waals surface area contributed by atoms with Crippen LogP contribution in [0.3, 0.4) is 0 Å². The van der Waals surface area contributed by atoms with Crippen LogP contribution in [0.4, 0.5) is 83.5 Å². The summed E-state index contributed by atoms with van der Waals surface area (Å²) in [5.41, 5.74) is 25.9. The van der Waals surface area contributed by atoms with Gasteiger partial charge in [-0.05, 0) is 266 Å². The average molecular weight is 1820 g/mol. The molecule has 0 fully saturated rings. The first kappa shape index (κ1) is 84.2. The van der Waals surface area contributed by atoms with Crippen molar-refractivity contribution >= 4 is 145 Å². The summed E-state index contributed by atoms with van der Waals surface area (Å²) in [7, 11) is 0. The van der Waals surface area contributed by atoms with Gasteiger partial charge in [-0.25, -0.2) is 24.8 Å². The van der Waals surface area contributed by atoms with Crippen LogP contribution in [0.25, 0.3) is 159 Å². The van der Waals surface area contributed by atoms with Crippen molar-refractivity contribution in [1.29, 1.82) is 5.26 Å². The van der Waals surface area contributed by atoms with Crippen LogP contribution in [0.15, 0.2) is 447 Å². The maximum absolute atomic E-state index is 13.6. The van der Waals surface area contributed by atoms with E-state index in [1.165, 1.54) is 45.8 Å². The maximum atomic E-state index is 13.6. The highest BCUT2D eigenvalue weighted by atomic mass is 19.4. The molecule has 0 spiro atoms. The number of benzene rings is 18. The third kappa shape index (κ3) is 15.2. The number of hydrogen-bond acceptors (Lipinski definition) is 7. The second-order valence-corrected chi connectivity index (χ2v) is 34.6. The van der Waals surface area contributed by atoms with Gasteiger partial charge in [-0.15, -0.1) is 0 Å². The predicted molar refractivity (Wildman–Crippen MR) is 556 cm³/mol. The Labute approximate surface area is 799 Å². The third-order valence-electron chi connectivity index (χ3n) is 26.6. The van der Waals surface area contributed by atoms with E-state index in [4.69, 9.17) is 26.5 Å². The average Bonchev–Trinajstić information content (AvgIpc) is 1.60. The third-order valence-corrected chi connectivity index (χ3v) is 26.6. The van der Waals surface area contributed by atoms with Gasteiger partial charge in [-0.2, -0.15) is 31.6 Å². The van der Waals surface area contributed by atoms with Gasteiger partial charge in [0.1, 0.15) is 11.7 Å². The van der Waals surface area contributed by atoms with Crippen LogP contribution in [0.2, 0.25) is 0 Å². The Kier molecular flexibility index (Phi) is 20.6. The summed E-state index contributed by atoms with van der Waals surface area (Å²) in [6.45, 7) is 8.80. The topological polar surface area (TPSA) is 119 Å². The second-order valence-electron chi connectivity index (χ2n) is 34.6. The number of nitrogens with one attached hydrogen (secondary N) is 2. The minimum Gasteiger partial charge on any atom is -0.339 e. The van der Waals surface area contributed by atoms with E-state index in [2.05, 4.69) is 283 Å². The number of alkyl halides is 6. The van der Waals surface area contributed by atoms with Gasteiger partial charge in [0.25, 0.3) is 0 Å². The second kappa shape index (κ2) is 34.3. The van der Waals surface area contributed by atoms with Crippen LogP contribution in [-0.2, 0) is 12.4 Å². The summed E-state index contributed by atoms with van der Waals surface area (Å²) in [6.07, 6.45) is -5.29. The Bertz CT molecular complexity index is 8290. The van der Waals surface area contributed by atoms with Crippen molar-refractivity contribution in [3.63, 3.8) is 0 Å². The molecule has 2 N–H and O–H groups in total. The summed E-state index contributed by atoms with van der Waals surface area (Å²) in [4.78, 5) is 28.1. The quantitative estimate of drug-likeness (QED) is 0.0380. The lowest BCUT2D eigenvalue weighted by atomic mass is 9.95. The number of pyridine rings is 2. The van der Waals surface area contributed by atoms with Crippen molar-refractivity contribution in [2.45, 2.75) is 12.4 Å². The van der Waals surface area contributed by atoms with Gasteiger partial charge in [-0.3, -0.25) is 0 Å². The standard InChI is InChI=1S/C122H74F6N12/c1-130-118(84-42-64-94(65-43-84)138(90-52-30-76(31-53-90)78-34-60-96(61-35-78)140-112-22-8-4-14-101(112)102-15-5-9-23-113(102)140)92-56-38-80(39-57-92)86-45-71-115(132-74-86)136-120-106-67-66-97(104-17-11-19-108(133-120)117(104)106)81-24-46-87(47-25-81)121(123,124)125)107(72-129)83-40-62-93(63-41-83)137(89-50-28-75(29-51-89)77-32-58-95(59-33-77)139-110-20-6-2-12-99(110)100-13-3-7-21-111(100)139)91-54-36-79(37-55-91)85-44-70-114(131-73-85)135-119-105-18-10-16-103-98(68-69-109(134-119)116(103)105)82-26-48-88(49-27-82)122(126,127)128/h2-71,73-74H,(H,131,134,135)(H,132,133,136)/b118-107-. The van der Waals surface area contributed by atoms with Gasteiger partial charge in [0, 0.05) is 124 Å². The van der Waals surface area contributed by atoms with E-state index in [1.807, 2.05) is 133 Å². The number of nitrogens with zero attached hydrogens (tertiary/aromatic N) is 10. The molecule has 0 saturated carbocycles. The number of fused-ring (bicyclic) bond motifs is 6. The van der Waals surface area contributed by atoms with Crippen molar-refractivity contribution in [3.05, 3.63) is 482 Å². The fourth-order valence-electron chi connectivity index (χ4n) is 19.8. The minimum absolute atomic E-state index is 0.188. The Morgan fingerprint density at radius 1 is 0.300 bits per heavy atom. The molecule has 6 heterocycles. The van der Waals surface area contributed by atoms with Crippen molar-refractivity contribution in [2.75, 3.05) is 20.4 Å². The summed E-state index contributed by atoms with van der Waals surface area (Å²) < 4.78 is 86.0. The first-order valence-electron chi connectivity index (χ1n) is 45.6. The SMILES string of the molecule is [C-]#[N+]/C(=C(/C#N)c1ccc(N(c2ccc(-c3ccc(-n4c5ccccc5c5ccccc54)cc3)cc2)c2ccc(-c3ccc(N=C4Nc5ccc(-c6ccc(C(F)(F)F)cc6)c6cccc4c56)nc3)cc2)cc1)c1ccc(N(c2ccc(-c3ccc(-n4c5ccccc5c5ccccc54)cc3)cc2)c2ccc(-c3ccc(N=C4Nc5cccc6c(-c7ccc(C(F)(F)F)cc7)ccc4c56)nc3)cc2)cc1. The molecule has 0 bridgehead atoms. The monoisotopic (exact) mass is 1820 g/mol. The number of amidine groups is 2. The lowest BCUT2D eigenvalue weighted by Gasteiger charge is -2.26. The van der Waals surface area contributed by atoms with Gasteiger partial charge >= 0.3 is 12.4 Å². The fraction of sp³-hybridized carbons (Fsp3) is 0.0164. The van der Waals surface area contributed by atoms with Crippen LogP contribution >= 0.6 is 0 Å². The van der Waals surface area contributed by atoms with Gasteiger partial charge in [-0.1, -0.05) is 237 Å². The zero-order valence-corrected chi connectivity index (χ0v) is 74.3. The summed E-state index contributed by atoms with van der Waals surface area (Å²) in [5, 5.41) is 26.6. The Morgan fingerprint density at radius 2 is 0.600 bits per heavy atom. The molecule has 0 atom stereocenters. The van der Waals surface area contributed by atoms with Crippen molar-refractivity contribution in [3.8, 4) is 84.2 Å². The molecule has 664 valence electrons. The minimum atomic E-state index is -4.44. The van der Waals surface area contributed by atoms with Crippen molar-refractivity contribution < 1.29 is 26.3 Å². The van der Waals surface area contributed by atoms with Crippen molar-refractivity contribution in [2.24, 2.45) is 9.98 Å². The highest BCUT2D eigenvalue weighted by Gasteiger charge is 2.33. The highest BCUT2D eigenvalue weighted by Crippen LogP contribution is 2.48. The summed E-state index contributed by atoms with van der Waals surface area (Å²) in [5.74, 6) is 2.17. The molecule has 0 saturated heterocycles. The van der Waals surface area contributed by atoms with E-state index >= 15 is 0 Å².